The number of carbonyl (C=O) groups is 1. The van der Waals surface area contributed by atoms with Crippen LogP contribution in [-0.4, -0.2) is 33.6 Å². The maximum atomic E-state index is 12.3. The molecule has 0 bridgehead atoms. The normalized spacial score (nSPS) is 14.8. The number of aromatic nitrogens is 3. The van der Waals surface area contributed by atoms with Gasteiger partial charge in [-0.25, -0.2) is 9.97 Å². The monoisotopic (exact) mass is 465 g/mol. The summed E-state index contributed by atoms with van der Waals surface area (Å²) in [5, 5.41) is 4.12. The first-order valence-corrected chi connectivity index (χ1v) is 13.0. The van der Waals surface area contributed by atoms with Gasteiger partial charge in [-0.1, -0.05) is 40.0 Å². The number of carbonyl (C=O) groups excluding carboxylic acids is 1. The van der Waals surface area contributed by atoms with Gasteiger partial charge in [0.15, 0.2) is 5.82 Å². The largest absolute Gasteiger partial charge is 0.493 e. The Morgan fingerprint density at radius 3 is 2.76 bits per heavy atom. The summed E-state index contributed by atoms with van der Waals surface area (Å²) in [7, 11) is 0. The Morgan fingerprint density at radius 2 is 2.03 bits per heavy atom. The third-order valence-corrected chi connectivity index (χ3v) is 6.64. The van der Waals surface area contributed by atoms with E-state index in [2.05, 4.69) is 41.7 Å². The van der Waals surface area contributed by atoms with Gasteiger partial charge in [0, 0.05) is 36.9 Å². The van der Waals surface area contributed by atoms with E-state index >= 15 is 0 Å². The van der Waals surface area contributed by atoms with Crippen LogP contribution in [0.15, 0.2) is 18.2 Å². The average Bonchev–Trinajstić information content (AvgIpc) is 3.17. The van der Waals surface area contributed by atoms with Crippen LogP contribution in [-0.2, 0) is 17.8 Å². The molecule has 2 aromatic heterocycles. The number of nitrogens with one attached hydrogen (secondary N) is 1. The van der Waals surface area contributed by atoms with Crippen molar-refractivity contribution < 1.29 is 9.53 Å². The van der Waals surface area contributed by atoms with Crippen molar-refractivity contribution in [3.63, 3.8) is 0 Å². The molecule has 0 spiro atoms. The minimum Gasteiger partial charge on any atom is -0.493 e. The molecule has 0 unspecified atom stereocenters. The number of imidazole rings is 1. The molecule has 1 saturated carbocycles. The second-order valence-corrected chi connectivity index (χ2v) is 9.98. The van der Waals surface area contributed by atoms with Crippen LogP contribution in [0.4, 0.5) is 5.82 Å². The SMILES string of the molecule is CCCc1nc2c(N)nc3cc(OCCCNC(=O)C4CCCCC4)ccc3c2n1CC(C)C. The van der Waals surface area contributed by atoms with Gasteiger partial charge >= 0.3 is 0 Å². The highest BCUT2D eigenvalue weighted by atomic mass is 16.5. The molecular weight excluding hydrogens is 426 g/mol. The molecule has 0 saturated heterocycles. The maximum Gasteiger partial charge on any atom is 0.223 e. The van der Waals surface area contributed by atoms with Crippen molar-refractivity contribution in [3.05, 3.63) is 24.0 Å². The third kappa shape index (κ3) is 5.45. The number of nitrogens with zero attached hydrogens (tertiary/aromatic N) is 3. The predicted molar refractivity (Wildman–Crippen MR) is 138 cm³/mol. The highest BCUT2D eigenvalue weighted by molar-refractivity contribution is 6.06. The Balaban J connectivity index is 1.45. The Hall–Kier alpha value is -2.83. The number of amides is 1. The molecule has 0 aliphatic heterocycles. The molecule has 0 radical (unpaired) electrons. The molecule has 1 amide bonds. The molecule has 3 aromatic rings. The minimum atomic E-state index is 0.200. The van der Waals surface area contributed by atoms with E-state index < -0.39 is 0 Å². The van der Waals surface area contributed by atoms with Crippen molar-refractivity contribution in [2.24, 2.45) is 11.8 Å². The van der Waals surface area contributed by atoms with Gasteiger partial charge in [0.2, 0.25) is 5.91 Å². The summed E-state index contributed by atoms with van der Waals surface area (Å²) in [5.41, 5.74) is 9.02. The van der Waals surface area contributed by atoms with E-state index in [4.69, 9.17) is 15.5 Å². The molecule has 34 heavy (non-hydrogen) atoms. The number of anilines is 1. The number of rotatable bonds is 10. The minimum absolute atomic E-state index is 0.200. The van der Waals surface area contributed by atoms with Crippen molar-refractivity contribution in [1.82, 2.24) is 19.9 Å². The number of pyridine rings is 1. The fraction of sp³-hybridized carbons (Fsp3) is 0.593. The van der Waals surface area contributed by atoms with Gasteiger partial charge in [-0.15, -0.1) is 0 Å². The van der Waals surface area contributed by atoms with Crippen molar-refractivity contribution in [2.45, 2.75) is 78.7 Å². The lowest BCUT2D eigenvalue weighted by Crippen LogP contribution is -2.33. The molecule has 1 aliphatic carbocycles. The summed E-state index contributed by atoms with van der Waals surface area (Å²) in [6.07, 6.45) is 8.38. The van der Waals surface area contributed by atoms with Gasteiger partial charge in [-0.05, 0) is 43.7 Å². The van der Waals surface area contributed by atoms with E-state index in [9.17, 15) is 4.79 Å². The van der Waals surface area contributed by atoms with E-state index in [0.29, 0.717) is 24.9 Å². The summed E-state index contributed by atoms with van der Waals surface area (Å²) in [5.74, 6) is 3.20. The lowest BCUT2D eigenvalue weighted by atomic mass is 9.89. The molecule has 7 heteroatoms. The number of benzene rings is 1. The number of hydrogen-bond acceptors (Lipinski definition) is 5. The summed E-state index contributed by atoms with van der Waals surface area (Å²) in [4.78, 5) is 21.8. The predicted octanol–water partition coefficient (Wildman–Crippen LogP) is 5.24. The first-order chi connectivity index (χ1) is 16.5. The zero-order chi connectivity index (χ0) is 24.1. The van der Waals surface area contributed by atoms with Gasteiger partial charge in [0.25, 0.3) is 0 Å². The quantitative estimate of drug-likeness (QED) is 0.399. The highest BCUT2D eigenvalue weighted by Gasteiger charge is 2.20. The average molecular weight is 466 g/mol. The van der Waals surface area contributed by atoms with Gasteiger partial charge in [-0.3, -0.25) is 4.79 Å². The number of fused-ring (bicyclic) bond motifs is 3. The molecule has 2 heterocycles. The second kappa shape index (κ2) is 11.1. The van der Waals surface area contributed by atoms with Gasteiger partial charge in [0.1, 0.15) is 17.1 Å². The van der Waals surface area contributed by atoms with E-state index in [0.717, 1.165) is 72.2 Å². The van der Waals surface area contributed by atoms with Crippen molar-refractivity contribution in [1.29, 1.82) is 0 Å². The van der Waals surface area contributed by atoms with Crippen LogP contribution in [0.2, 0.25) is 0 Å². The maximum absolute atomic E-state index is 12.3. The molecular formula is C27H39N5O2. The van der Waals surface area contributed by atoms with E-state index in [1.165, 1.54) is 19.3 Å². The number of aryl methyl sites for hydroxylation is 1. The fourth-order valence-corrected chi connectivity index (χ4v) is 4.99. The molecule has 1 aromatic carbocycles. The molecule has 184 valence electrons. The van der Waals surface area contributed by atoms with E-state index in [1.54, 1.807) is 0 Å². The van der Waals surface area contributed by atoms with Crippen LogP contribution in [0.5, 0.6) is 5.75 Å². The van der Waals surface area contributed by atoms with E-state index in [-0.39, 0.29) is 11.8 Å². The topological polar surface area (TPSA) is 95.1 Å². The molecule has 3 N–H and O–H groups in total. The summed E-state index contributed by atoms with van der Waals surface area (Å²) in [6.45, 7) is 8.69. The van der Waals surface area contributed by atoms with Crippen molar-refractivity contribution in [3.8, 4) is 5.75 Å². The fourth-order valence-electron chi connectivity index (χ4n) is 4.99. The zero-order valence-corrected chi connectivity index (χ0v) is 20.9. The van der Waals surface area contributed by atoms with Gasteiger partial charge in [0.05, 0.1) is 17.6 Å². The lowest BCUT2D eigenvalue weighted by Gasteiger charge is -2.20. The molecule has 1 aliphatic rings. The number of hydrogen-bond donors (Lipinski definition) is 2. The van der Waals surface area contributed by atoms with Crippen LogP contribution in [0.1, 0.15) is 71.5 Å². The molecule has 0 atom stereocenters. The van der Waals surface area contributed by atoms with Crippen molar-refractivity contribution >= 4 is 33.7 Å². The van der Waals surface area contributed by atoms with Crippen LogP contribution in [0.3, 0.4) is 0 Å². The first-order valence-electron chi connectivity index (χ1n) is 13.0. The number of nitrogen functional groups attached to an aromatic ring is 1. The number of nitrogens with two attached hydrogens (primary N) is 1. The highest BCUT2D eigenvalue weighted by Crippen LogP contribution is 2.32. The smallest absolute Gasteiger partial charge is 0.223 e. The Labute approximate surface area is 202 Å². The zero-order valence-electron chi connectivity index (χ0n) is 20.9. The second-order valence-electron chi connectivity index (χ2n) is 9.98. The Bertz CT molecular complexity index is 1130. The van der Waals surface area contributed by atoms with Crippen LogP contribution < -0.4 is 15.8 Å². The molecule has 4 rings (SSSR count). The summed E-state index contributed by atoms with van der Waals surface area (Å²) >= 11 is 0. The van der Waals surface area contributed by atoms with Crippen molar-refractivity contribution in [2.75, 3.05) is 18.9 Å². The summed E-state index contributed by atoms with van der Waals surface area (Å²) in [6, 6.07) is 6.02. The third-order valence-electron chi connectivity index (χ3n) is 6.64. The van der Waals surface area contributed by atoms with Gasteiger partial charge < -0.3 is 20.4 Å². The Kier molecular flexibility index (Phi) is 7.91. The van der Waals surface area contributed by atoms with Crippen LogP contribution in [0, 0.1) is 11.8 Å². The molecule has 7 nitrogen and oxygen atoms in total. The standard InChI is InChI=1S/C27H39N5O2/c1-4-9-23-31-24-25(32(23)17-18(2)3)21-13-12-20(16-22(21)30-26(24)28)34-15-8-14-29-27(33)19-10-6-5-7-11-19/h12-13,16,18-19H,4-11,14-15,17H2,1-3H3,(H2,28,30)(H,29,33). The van der Waals surface area contributed by atoms with E-state index in [1.807, 2.05) is 12.1 Å². The molecule has 1 fully saturated rings. The Morgan fingerprint density at radius 1 is 1.24 bits per heavy atom. The summed E-state index contributed by atoms with van der Waals surface area (Å²) < 4.78 is 8.30. The van der Waals surface area contributed by atoms with Gasteiger partial charge in [-0.2, -0.15) is 0 Å². The van der Waals surface area contributed by atoms with Crippen LogP contribution >= 0.6 is 0 Å². The lowest BCUT2D eigenvalue weighted by molar-refractivity contribution is -0.125. The van der Waals surface area contributed by atoms with Crippen LogP contribution in [0.25, 0.3) is 21.9 Å². The number of ether oxygens (including phenoxy) is 1. The first kappa shape index (κ1) is 24.3.